The lowest BCUT2D eigenvalue weighted by molar-refractivity contribution is -0.147. The predicted octanol–water partition coefficient (Wildman–Crippen LogP) is 5.00. The lowest BCUT2D eigenvalue weighted by Gasteiger charge is -2.36. The van der Waals surface area contributed by atoms with E-state index in [9.17, 15) is 18.4 Å². The van der Waals surface area contributed by atoms with Crippen molar-refractivity contribution < 1.29 is 27.8 Å². The molecule has 1 aliphatic carbocycles. The molecule has 0 saturated heterocycles. The Morgan fingerprint density at radius 2 is 2.00 bits per heavy atom. The summed E-state index contributed by atoms with van der Waals surface area (Å²) in [6.45, 7) is 1.01. The number of ether oxygens (including phenoxy) is 2. The first-order valence-electron chi connectivity index (χ1n) is 12.7. The number of carbonyl (C=O) groups is 2. The van der Waals surface area contributed by atoms with Crippen LogP contribution < -0.4 is 10.1 Å². The Morgan fingerprint density at radius 3 is 2.70 bits per heavy atom. The third-order valence-electron chi connectivity index (χ3n) is 6.99. The van der Waals surface area contributed by atoms with Gasteiger partial charge in [0.15, 0.2) is 12.8 Å². The zero-order valence-electron chi connectivity index (χ0n) is 20.5. The van der Waals surface area contributed by atoms with Crippen LogP contribution in [-0.2, 0) is 33.7 Å². The molecule has 1 fully saturated rings. The van der Waals surface area contributed by atoms with Crippen LogP contribution in [0.4, 0.5) is 8.78 Å². The summed E-state index contributed by atoms with van der Waals surface area (Å²) >= 11 is 7.22. The van der Waals surface area contributed by atoms with Crippen molar-refractivity contribution >= 4 is 35.3 Å². The van der Waals surface area contributed by atoms with E-state index in [1.807, 2.05) is 24.3 Å². The van der Waals surface area contributed by atoms with E-state index in [2.05, 4.69) is 15.2 Å². The maximum absolute atomic E-state index is 12.4. The molecule has 2 heterocycles. The van der Waals surface area contributed by atoms with Crippen LogP contribution in [0.3, 0.4) is 0 Å². The van der Waals surface area contributed by atoms with Gasteiger partial charge in [-0.25, -0.2) is 13.8 Å². The second-order valence-electron chi connectivity index (χ2n) is 9.61. The average molecular weight is 556 g/mol. The van der Waals surface area contributed by atoms with E-state index in [1.165, 1.54) is 11.3 Å². The Balaban J connectivity index is 1.21. The fourth-order valence-corrected chi connectivity index (χ4v) is 6.07. The van der Waals surface area contributed by atoms with Crippen LogP contribution in [0, 0.1) is 5.92 Å². The second kappa shape index (κ2) is 13.5. The van der Waals surface area contributed by atoms with E-state index in [-0.39, 0.29) is 23.4 Å². The van der Waals surface area contributed by atoms with Crippen molar-refractivity contribution in [1.29, 1.82) is 0 Å². The molecule has 1 N–H and O–H groups in total. The van der Waals surface area contributed by atoms with E-state index in [0.29, 0.717) is 56.2 Å². The lowest BCUT2D eigenvalue weighted by atomic mass is 9.83. The van der Waals surface area contributed by atoms with Crippen molar-refractivity contribution in [2.45, 2.75) is 76.6 Å². The van der Waals surface area contributed by atoms with Gasteiger partial charge in [-0.1, -0.05) is 35.1 Å². The van der Waals surface area contributed by atoms with Crippen molar-refractivity contribution in [2.24, 2.45) is 5.92 Å². The van der Waals surface area contributed by atoms with Gasteiger partial charge in [-0.05, 0) is 62.1 Å². The number of alkyl halides is 2. The largest absolute Gasteiger partial charge is 0.464 e. The first-order valence-corrected chi connectivity index (χ1v) is 13.9. The minimum atomic E-state index is -2.54. The van der Waals surface area contributed by atoms with Gasteiger partial charge in [-0.15, -0.1) is 0 Å². The molecule has 0 radical (unpaired) electrons. The van der Waals surface area contributed by atoms with Crippen molar-refractivity contribution in [3.8, 4) is 5.19 Å². The predicted molar refractivity (Wildman–Crippen MR) is 137 cm³/mol. The van der Waals surface area contributed by atoms with Crippen LogP contribution in [0.25, 0.3) is 0 Å². The smallest absolute Gasteiger partial charge is 0.294 e. The summed E-state index contributed by atoms with van der Waals surface area (Å²) in [6, 6.07) is 7.71. The van der Waals surface area contributed by atoms with Crippen LogP contribution in [0.2, 0.25) is 5.02 Å². The molecular formula is C26H32ClF2N3O4S. The molecule has 1 amide bonds. The number of rotatable bonds is 12. The Bertz CT molecular complexity index is 1030. The van der Waals surface area contributed by atoms with E-state index in [0.717, 1.165) is 41.8 Å². The standard InChI is InChI=1S/C26H32ClF2N3O4S/c27-19-6-1-17(2-7-19)5-10-24(34)30-20-8-3-18(4-9-20)13-25(36-16-33)32-12-11-22-21(14-32)31-26(37-22)35-15-23(28)29/h1-2,6-7,16,18,20,23,25H,3-5,8-15H2,(H,30,34). The van der Waals surface area contributed by atoms with E-state index >= 15 is 0 Å². The number of fused-ring (bicyclic) bond motifs is 1. The zero-order chi connectivity index (χ0) is 26.2. The molecule has 1 aliphatic heterocycles. The molecule has 4 rings (SSSR count). The Hall–Kier alpha value is -2.30. The molecule has 11 heteroatoms. The third kappa shape index (κ3) is 8.35. The number of aromatic nitrogens is 1. The summed E-state index contributed by atoms with van der Waals surface area (Å²) in [5, 5.41) is 4.11. The zero-order valence-corrected chi connectivity index (χ0v) is 22.1. The maximum atomic E-state index is 12.4. The number of carbonyl (C=O) groups excluding carboxylic acids is 2. The third-order valence-corrected chi connectivity index (χ3v) is 8.31. The highest BCUT2D eigenvalue weighted by Crippen LogP contribution is 2.34. The van der Waals surface area contributed by atoms with Gasteiger partial charge in [-0.2, -0.15) is 0 Å². The molecule has 1 aromatic heterocycles. The summed E-state index contributed by atoms with van der Waals surface area (Å²) in [4.78, 5) is 31.1. The van der Waals surface area contributed by atoms with Gasteiger partial charge >= 0.3 is 0 Å². The number of benzene rings is 1. The molecule has 2 aromatic rings. The fourth-order valence-electron chi connectivity index (χ4n) is 5.03. The lowest BCUT2D eigenvalue weighted by Crippen LogP contribution is -2.43. The number of nitrogens with one attached hydrogen (secondary N) is 1. The molecule has 1 atom stereocenters. The molecule has 37 heavy (non-hydrogen) atoms. The minimum absolute atomic E-state index is 0.0600. The minimum Gasteiger partial charge on any atom is -0.464 e. The number of hydrogen-bond acceptors (Lipinski definition) is 7. The molecule has 1 aromatic carbocycles. The number of hydrogen-bond donors (Lipinski definition) is 1. The van der Waals surface area contributed by atoms with Crippen molar-refractivity contribution in [3.63, 3.8) is 0 Å². The maximum Gasteiger partial charge on any atom is 0.294 e. The SMILES string of the molecule is O=COC(CC1CCC(NC(=O)CCc2ccc(Cl)cc2)CC1)N1CCc2sc(OCC(F)F)nc2C1. The van der Waals surface area contributed by atoms with Gasteiger partial charge in [0.2, 0.25) is 5.91 Å². The highest BCUT2D eigenvalue weighted by Gasteiger charge is 2.31. The Kier molecular flexibility index (Phi) is 10.1. The monoisotopic (exact) mass is 555 g/mol. The summed E-state index contributed by atoms with van der Waals surface area (Å²) in [5.41, 5.74) is 1.88. The topological polar surface area (TPSA) is 80.8 Å². The van der Waals surface area contributed by atoms with Gasteiger partial charge in [0.25, 0.3) is 18.1 Å². The first-order chi connectivity index (χ1) is 17.9. The van der Waals surface area contributed by atoms with Crippen molar-refractivity contribution in [1.82, 2.24) is 15.2 Å². The highest BCUT2D eigenvalue weighted by atomic mass is 35.5. The number of halogens is 3. The molecule has 1 saturated carbocycles. The Morgan fingerprint density at radius 1 is 1.24 bits per heavy atom. The summed E-state index contributed by atoms with van der Waals surface area (Å²) in [5.74, 6) is 0.443. The van der Waals surface area contributed by atoms with E-state index in [1.54, 1.807) is 0 Å². The van der Waals surface area contributed by atoms with Crippen molar-refractivity contribution in [2.75, 3.05) is 13.2 Å². The number of thiazole rings is 1. The molecule has 202 valence electrons. The number of nitrogens with zero attached hydrogens (tertiary/aromatic N) is 2. The number of amides is 1. The molecular weight excluding hydrogens is 524 g/mol. The van der Waals surface area contributed by atoms with Gasteiger partial charge < -0.3 is 14.8 Å². The van der Waals surface area contributed by atoms with Crippen LogP contribution >= 0.6 is 22.9 Å². The van der Waals surface area contributed by atoms with E-state index < -0.39 is 13.0 Å². The van der Waals surface area contributed by atoms with Crippen LogP contribution in [-0.4, -0.2) is 54.1 Å². The highest BCUT2D eigenvalue weighted by molar-refractivity contribution is 7.13. The molecule has 2 aliphatic rings. The average Bonchev–Trinajstić information content (AvgIpc) is 3.30. The van der Waals surface area contributed by atoms with Crippen LogP contribution in [0.15, 0.2) is 24.3 Å². The van der Waals surface area contributed by atoms with Gasteiger partial charge in [0, 0.05) is 41.9 Å². The van der Waals surface area contributed by atoms with E-state index in [4.69, 9.17) is 21.1 Å². The second-order valence-corrected chi connectivity index (χ2v) is 11.1. The fraction of sp³-hybridized carbons (Fsp3) is 0.577. The van der Waals surface area contributed by atoms with Gasteiger partial charge in [0.1, 0.15) is 0 Å². The quantitative estimate of drug-likeness (QED) is 0.371. The van der Waals surface area contributed by atoms with Crippen LogP contribution in [0.5, 0.6) is 5.19 Å². The van der Waals surface area contributed by atoms with Gasteiger partial charge in [0.05, 0.1) is 5.69 Å². The van der Waals surface area contributed by atoms with Crippen molar-refractivity contribution in [3.05, 3.63) is 45.4 Å². The molecule has 7 nitrogen and oxygen atoms in total. The molecule has 0 spiro atoms. The summed E-state index contributed by atoms with van der Waals surface area (Å²) in [6.07, 6.45) is 3.32. The molecule has 1 unspecified atom stereocenters. The van der Waals surface area contributed by atoms with Gasteiger partial charge in [-0.3, -0.25) is 14.5 Å². The van der Waals surface area contributed by atoms with Crippen LogP contribution in [0.1, 0.15) is 54.7 Å². The number of aryl methyl sites for hydroxylation is 1. The summed E-state index contributed by atoms with van der Waals surface area (Å²) in [7, 11) is 0. The Labute approximate surface area is 224 Å². The summed E-state index contributed by atoms with van der Waals surface area (Å²) < 4.78 is 35.4. The normalized spacial score (nSPS) is 20.8. The first kappa shape index (κ1) is 27.7. The molecule has 0 bridgehead atoms.